The zero-order valence-electron chi connectivity index (χ0n) is 34.4. The van der Waals surface area contributed by atoms with Crippen molar-refractivity contribution in [3.05, 3.63) is 185 Å². The fourth-order valence-corrected chi connectivity index (χ4v) is 7.38. The molecule has 5 aromatic carbocycles. The highest BCUT2D eigenvalue weighted by atomic mass is 16.5. The van der Waals surface area contributed by atoms with E-state index in [4.69, 9.17) is 18.3 Å². The Morgan fingerprint density at radius 1 is 0.683 bits per heavy atom. The Morgan fingerprint density at radius 3 is 1.65 bits per heavy atom. The Morgan fingerprint density at radius 2 is 1.17 bits per heavy atom. The van der Waals surface area contributed by atoms with E-state index in [1.165, 1.54) is 11.1 Å². The van der Waals surface area contributed by atoms with Crippen molar-refractivity contribution in [2.75, 3.05) is 26.3 Å². The maximum atomic E-state index is 12.0. The number of carboxylic acids is 1. The van der Waals surface area contributed by atoms with Gasteiger partial charge in [-0.2, -0.15) is 0 Å². The first-order valence-corrected chi connectivity index (χ1v) is 20.4. The van der Waals surface area contributed by atoms with Crippen molar-refractivity contribution in [2.24, 2.45) is 5.92 Å². The summed E-state index contributed by atoms with van der Waals surface area (Å²) in [6.07, 6.45) is 5.45. The molecule has 1 saturated heterocycles. The van der Waals surface area contributed by atoms with Crippen LogP contribution in [0.1, 0.15) is 52.4 Å². The third-order valence-electron chi connectivity index (χ3n) is 10.6. The van der Waals surface area contributed by atoms with Gasteiger partial charge in [0.25, 0.3) is 0 Å². The molecule has 0 aliphatic carbocycles. The number of aryl methyl sites for hydroxylation is 2. The zero-order valence-corrected chi connectivity index (χ0v) is 34.4. The third kappa shape index (κ3) is 11.1. The molecular formula is C51H51N3O6. The van der Waals surface area contributed by atoms with Crippen molar-refractivity contribution in [3.8, 4) is 34.4 Å². The van der Waals surface area contributed by atoms with Gasteiger partial charge in [0.15, 0.2) is 0 Å². The molecule has 1 fully saturated rings. The maximum absolute atomic E-state index is 12.0. The van der Waals surface area contributed by atoms with E-state index in [-0.39, 0.29) is 5.92 Å². The number of carboxylic acid groups (broad SMARTS) is 1. The van der Waals surface area contributed by atoms with Gasteiger partial charge in [0.2, 0.25) is 11.8 Å². The number of carbonyl (C=O) groups is 1. The number of benzene rings is 5. The van der Waals surface area contributed by atoms with Gasteiger partial charge >= 0.3 is 5.97 Å². The molecular weight excluding hydrogens is 751 g/mol. The summed E-state index contributed by atoms with van der Waals surface area (Å²) in [5.74, 6) is 3.35. The molecule has 0 radical (unpaired) electrons. The maximum Gasteiger partial charge on any atom is 0.308 e. The minimum Gasteiger partial charge on any atom is -0.493 e. The van der Waals surface area contributed by atoms with E-state index in [1.54, 1.807) is 0 Å². The van der Waals surface area contributed by atoms with Crippen molar-refractivity contribution in [1.82, 2.24) is 14.9 Å². The molecule has 1 aliphatic heterocycles. The number of likely N-dealkylation sites (tertiary alicyclic amines) is 1. The molecule has 9 heteroatoms. The van der Waals surface area contributed by atoms with E-state index in [0.29, 0.717) is 38.0 Å². The number of hydrogen-bond acceptors (Lipinski definition) is 8. The molecule has 0 bridgehead atoms. The first-order chi connectivity index (χ1) is 29.3. The SMILES string of the molecule is C/C=C/c1ccc(OCCc2nc(-c3ccccc3)oc2C)cc1.Cc1oc(-c2ccccc2)nc1CCOc1ccc([C@H]2CN(Cc3ccccc3)C[C@@H]2C(=O)O)cc1. The molecule has 0 spiro atoms. The number of hydrogen-bond donors (Lipinski definition) is 1. The van der Waals surface area contributed by atoms with Gasteiger partial charge in [0, 0.05) is 49.5 Å². The fraction of sp³-hybridized carbons (Fsp3) is 0.235. The number of ether oxygens (including phenoxy) is 2. The lowest BCUT2D eigenvalue weighted by Gasteiger charge is -2.17. The predicted octanol–water partition coefficient (Wildman–Crippen LogP) is 10.9. The minimum atomic E-state index is -0.742. The first kappa shape index (κ1) is 41.4. The number of allylic oxidation sites excluding steroid dienone is 1. The zero-order chi connectivity index (χ0) is 41.7. The van der Waals surface area contributed by atoms with Crippen LogP contribution in [0.2, 0.25) is 0 Å². The Hall–Kier alpha value is -6.71. The van der Waals surface area contributed by atoms with Crippen LogP contribution in [0.15, 0.2) is 154 Å². The number of nitrogens with zero attached hydrogens (tertiary/aromatic N) is 3. The Kier molecular flexibility index (Phi) is 14.0. The Bertz CT molecular complexity index is 2430. The molecule has 2 aromatic heterocycles. The summed E-state index contributed by atoms with van der Waals surface area (Å²) in [5, 5.41) is 9.84. The summed E-state index contributed by atoms with van der Waals surface area (Å²) in [5.41, 5.74) is 7.18. The molecule has 3 heterocycles. The smallest absolute Gasteiger partial charge is 0.308 e. The van der Waals surface area contributed by atoms with Crippen molar-refractivity contribution in [1.29, 1.82) is 0 Å². The minimum absolute atomic E-state index is 0.0468. The lowest BCUT2D eigenvalue weighted by Crippen LogP contribution is -2.23. The highest BCUT2D eigenvalue weighted by Gasteiger charge is 2.38. The monoisotopic (exact) mass is 801 g/mol. The number of aliphatic carboxylic acids is 1. The number of oxazole rings is 2. The highest BCUT2D eigenvalue weighted by molar-refractivity contribution is 5.72. The van der Waals surface area contributed by atoms with E-state index < -0.39 is 11.9 Å². The van der Waals surface area contributed by atoms with Crippen LogP contribution >= 0.6 is 0 Å². The van der Waals surface area contributed by atoms with Gasteiger partial charge in [-0.25, -0.2) is 9.97 Å². The van der Waals surface area contributed by atoms with Gasteiger partial charge in [-0.05, 0) is 86.0 Å². The fourth-order valence-electron chi connectivity index (χ4n) is 7.38. The summed E-state index contributed by atoms with van der Waals surface area (Å²) in [6.45, 7) is 8.96. The number of aromatic nitrogens is 2. The molecule has 8 rings (SSSR count). The highest BCUT2D eigenvalue weighted by Crippen LogP contribution is 2.35. The van der Waals surface area contributed by atoms with Gasteiger partial charge < -0.3 is 23.4 Å². The Balaban J connectivity index is 0.000000197. The molecule has 2 atom stereocenters. The second-order valence-electron chi connectivity index (χ2n) is 14.8. The van der Waals surface area contributed by atoms with Crippen LogP contribution in [0, 0.1) is 19.8 Å². The topological polar surface area (TPSA) is 111 Å². The molecule has 1 N–H and O–H groups in total. The van der Waals surface area contributed by atoms with Crippen molar-refractivity contribution in [2.45, 2.75) is 46.1 Å². The van der Waals surface area contributed by atoms with E-state index in [2.05, 4.69) is 33.1 Å². The lowest BCUT2D eigenvalue weighted by atomic mass is 9.89. The molecule has 0 saturated carbocycles. The van der Waals surface area contributed by atoms with E-state index >= 15 is 0 Å². The number of rotatable bonds is 15. The van der Waals surface area contributed by atoms with Crippen LogP contribution in [0.4, 0.5) is 0 Å². The first-order valence-electron chi connectivity index (χ1n) is 20.4. The predicted molar refractivity (Wildman–Crippen MR) is 235 cm³/mol. The van der Waals surface area contributed by atoms with Crippen LogP contribution in [0.3, 0.4) is 0 Å². The van der Waals surface area contributed by atoms with Gasteiger partial charge in [-0.15, -0.1) is 0 Å². The molecule has 60 heavy (non-hydrogen) atoms. The summed E-state index contributed by atoms with van der Waals surface area (Å²) in [6, 6.07) is 45.9. The second-order valence-corrected chi connectivity index (χ2v) is 14.8. The normalized spacial score (nSPS) is 15.1. The van der Waals surface area contributed by atoms with Gasteiger partial charge in [0.05, 0.1) is 30.5 Å². The van der Waals surface area contributed by atoms with Crippen LogP contribution in [0.25, 0.3) is 29.0 Å². The average Bonchev–Trinajstić information content (AvgIpc) is 3.99. The summed E-state index contributed by atoms with van der Waals surface area (Å²) in [4.78, 5) is 23.4. The van der Waals surface area contributed by atoms with Crippen LogP contribution < -0.4 is 9.47 Å². The molecule has 306 valence electrons. The molecule has 1 aliphatic rings. The van der Waals surface area contributed by atoms with Crippen molar-refractivity contribution in [3.63, 3.8) is 0 Å². The molecule has 0 unspecified atom stereocenters. The van der Waals surface area contributed by atoms with Crippen molar-refractivity contribution >= 4 is 12.0 Å². The molecule has 7 aromatic rings. The standard InChI is InChI=1S/C30H30N2O4.C21H21NO2/c1-21-28(31-29(36-21)24-10-6-3-7-11-24)16-17-35-25-14-12-23(13-15-25)26-19-32(20-27(26)30(33)34)18-22-8-4-2-5-9-22;1-3-7-17-10-12-19(13-11-17)23-15-14-20-16(2)24-21(22-20)18-8-5-4-6-9-18/h2-15,26-27H,16-20H2,1H3,(H,33,34);3-13H,14-15H2,1-2H3/b;7-3+/t26-,27+;/m1./s1. The third-order valence-corrected chi connectivity index (χ3v) is 10.6. The summed E-state index contributed by atoms with van der Waals surface area (Å²) in [7, 11) is 0. The van der Waals surface area contributed by atoms with Crippen LogP contribution in [0.5, 0.6) is 11.5 Å². The van der Waals surface area contributed by atoms with Crippen LogP contribution in [-0.4, -0.2) is 52.2 Å². The average molecular weight is 802 g/mol. The van der Waals surface area contributed by atoms with E-state index in [0.717, 1.165) is 70.6 Å². The second kappa shape index (κ2) is 20.3. The quantitative estimate of drug-likeness (QED) is 0.108. The van der Waals surface area contributed by atoms with Crippen LogP contribution in [-0.2, 0) is 24.2 Å². The largest absolute Gasteiger partial charge is 0.493 e. The summed E-state index contributed by atoms with van der Waals surface area (Å²) < 4.78 is 23.4. The van der Waals surface area contributed by atoms with Gasteiger partial charge in [-0.3, -0.25) is 9.69 Å². The molecule has 0 amide bonds. The Labute approximate surface area is 352 Å². The van der Waals surface area contributed by atoms with E-state index in [1.807, 2.05) is 154 Å². The molecule has 9 nitrogen and oxygen atoms in total. The van der Waals surface area contributed by atoms with E-state index in [9.17, 15) is 9.90 Å². The summed E-state index contributed by atoms with van der Waals surface area (Å²) >= 11 is 0. The van der Waals surface area contributed by atoms with Gasteiger partial charge in [-0.1, -0.05) is 103 Å². The van der Waals surface area contributed by atoms with Gasteiger partial charge in [0.1, 0.15) is 23.0 Å². The van der Waals surface area contributed by atoms with Crippen molar-refractivity contribution < 1.29 is 28.2 Å². The lowest BCUT2D eigenvalue weighted by molar-refractivity contribution is -0.141.